The van der Waals surface area contributed by atoms with E-state index < -0.39 is 0 Å². The Morgan fingerprint density at radius 2 is 1.69 bits per heavy atom. The Morgan fingerprint density at radius 3 is 2.31 bits per heavy atom. The minimum atomic E-state index is -0.257. The van der Waals surface area contributed by atoms with Crippen molar-refractivity contribution in [3.63, 3.8) is 0 Å². The van der Waals surface area contributed by atoms with E-state index in [0.29, 0.717) is 0 Å². The number of nitrogens with zero attached hydrogens (tertiary/aromatic N) is 6. The molecule has 11 heteroatoms. The molecule has 0 saturated heterocycles. The van der Waals surface area contributed by atoms with Gasteiger partial charge in [-0.1, -0.05) is 23.7 Å². The topological polar surface area (TPSA) is 70.5 Å². The molecule has 0 fully saturated rings. The Bertz CT molecular complexity index is 1230. The van der Waals surface area contributed by atoms with Crippen molar-refractivity contribution in [2.45, 2.75) is 10.6 Å². The molecule has 2 heterocycles. The van der Waals surface area contributed by atoms with Crippen molar-refractivity contribution in [2.24, 2.45) is 7.05 Å². The van der Waals surface area contributed by atoms with Crippen LogP contribution in [0.5, 0.6) is 0 Å². The van der Waals surface area contributed by atoms with Gasteiger partial charge in [0.05, 0.1) is 11.4 Å². The van der Waals surface area contributed by atoms with Crippen molar-refractivity contribution in [1.82, 2.24) is 29.6 Å². The summed E-state index contributed by atoms with van der Waals surface area (Å²) in [6, 6.07) is 16.1. The summed E-state index contributed by atoms with van der Waals surface area (Å²) in [6.07, 6.45) is 0. The number of aryl methyl sites for hydroxylation is 1. The minimum Gasteiger partial charge on any atom is -0.249 e. The summed E-state index contributed by atoms with van der Waals surface area (Å²) < 4.78 is 4.54. The molecule has 0 radical (unpaired) electrons. The third-order valence-corrected chi connectivity index (χ3v) is 6.13. The van der Waals surface area contributed by atoms with E-state index in [9.17, 15) is 4.79 Å². The summed E-state index contributed by atoms with van der Waals surface area (Å²) in [4.78, 5) is 13.4. The summed E-state index contributed by atoms with van der Waals surface area (Å²) in [5, 5.41) is 12.4. The molecule has 0 amide bonds. The van der Waals surface area contributed by atoms with Crippen LogP contribution in [-0.2, 0) is 12.8 Å². The molecule has 142 valence electrons. The van der Waals surface area contributed by atoms with Gasteiger partial charge in [0.1, 0.15) is 7.85 Å². The molecule has 0 bridgehead atoms. The molecule has 0 saturated carbocycles. The van der Waals surface area contributed by atoms with Crippen LogP contribution in [0.2, 0.25) is 0 Å². The molecule has 0 aliphatic heterocycles. The number of hydrogen-bond acceptors (Lipinski definition) is 5. The van der Waals surface area contributed by atoms with Gasteiger partial charge in [-0.05, 0) is 51.9 Å². The highest BCUT2D eigenvalue weighted by molar-refractivity contribution is 7.98. The highest BCUT2D eigenvalue weighted by atomic mass is 32.2. The van der Waals surface area contributed by atoms with E-state index in [1.54, 1.807) is 18.8 Å². The second kappa shape index (κ2) is 7.83. The van der Waals surface area contributed by atoms with E-state index in [4.69, 9.17) is 0 Å². The number of aromatic nitrogens is 6. The van der Waals surface area contributed by atoms with Crippen molar-refractivity contribution >= 4 is 52.0 Å². The van der Waals surface area contributed by atoms with Crippen molar-refractivity contribution in [2.75, 3.05) is 0 Å². The minimum absolute atomic E-state index is 0.257. The SMILES string of the molecule is Bc1nn(-c2ccc(SCc3ccccc3-n3nnn(C)c3=O)cc2)c(B)c1B. The second-order valence-corrected chi connectivity index (χ2v) is 7.96. The predicted molar refractivity (Wildman–Crippen MR) is 124 cm³/mol. The predicted octanol–water partition coefficient (Wildman–Crippen LogP) is -2.78. The van der Waals surface area contributed by atoms with Gasteiger partial charge in [-0.25, -0.2) is 9.48 Å². The van der Waals surface area contributed by atoms with E-state index in [0.717, 1.165) is 38.8 Å². The smallest absolute Gasteiger partial charge is 0.249 e. The fourth-order valence-electron chi connectivity index (χ4n) is 3.12. The molecule has 0 aliphatic rings. The lowest BCUT2D eigenvalue weighted by atomic mass is 9.80. The maximum Gasteiger partial charge on any atom is 0.368 e. The van der Waals surface area contributed by atoms with Crippen LogP contribution in [0.4, 0.5) is 0 Å². The number of hydrogen-bond donors (Lipinski definition) is 0. The van der Waals surface area contributed by atoms with Crippen LogP contribution >= 0.6 is 11.8 Å². The Balaban J connectivity index is 1.54. The quantitative estimate of drug-likeness (QED) is 0.268. The number of thioether (sulfide) groups is 1. The Labute approximate surface area is 175 Å². The van der Waals surface area contributed by atoms with E-state index in [-0.39, 0.29) is 5.69 Å². The Kier molecular flexibility index (Phi) is 5.23. The standard InChI is InChI=1S/C18H19B3N6OS/c1-25-18(28)27(24-23-25)14-5-3-2-4-11(14)10-29-13-8-6-12(7-9-13)26-17(21)15(19)16(20)22-26/h2-9H,10,19-21H2,1H3. The fraction of sp³-hybridized carbons (Fsp3) is 0.111. The average Bonchev–Trinajstić information content (AvgIpc) is 3.20. The van der Waals surface area contributed by atoms with Gasteiger partial charge in [0.2, 0.25) is 0 Å². The van der Waals surface area contributed by atoms with Gasteiger partial charge in [-0.3, -0.25) is 0 Å². The van der Waals surface area contributed by atoms with Crippen LogP contribution in [0.25, 0.3) is 11.4 Å². The molecule has 7 nitrogen and oxygen atoms in total. The third-order valence-electron chi connectivity index (χ3n) is 5.07. The molecule has 4 rings (SSSR count). The van der Waals surface area contributed by atoms with Crippen molar-refractivity contribution in [1.29, 1.82) is 0 Å². The monoisotopic (exact) mass is 400 g/mol. The lowest BCUT2D eigenvalue weighted by Crippen LogP contribution is -2.35. The number of para-hydroxylation sites is 1. The molecule has 0 spiro atoms. The van der Waals surface area contributed by atoms with Gasteiger partial charge in [-0.15, -0.1) is 11.8 Å². The molecular formula is C18H19B3N6OS. The van der Waals surface area contributed by atoms with E-state index in [2.05, 4.69) is 55.5 Å². The van der Waals surface area contributed by atoms with Gasteiger partial charge >= 0.3 is 5.69 Å². The molecule has 0 N–H and O–H groups in total. The van der Waals surface area contributed by atoms with Crippen molar-refractivity contribution < 1.29 is 0 Å². The molecule has 4 aromatic rings. The first-order valence-electron chi connectivity index (χ1n) is 9.29. The summed E-state index contributed by atoms with van der Waals surface area (Å²) >= 11 is 1.71. The Hall–Kier alpha value is -2.94. The maximum absolute atomic E-state index is 12.2. The zero-order valence-corrected chi connectivity index (χ0v) is 17.6. The normalized spacial score (nSPS) is 11.1. The second-order valence-electron chi connectivity index (χ2n) is 6.92. The van der Waals surface area contributed by atoms with Crippen LogP contribution in [0.1, 0.15) is 5.56 Å². The number of benzene rings is 2. The van der Waals surface area contributed by atoms with Gasteiger partial charge in [0, 0.05) is 23.3 Å². The first kappa shape index (κ1) is 19.4. The van der Waals surface area contributed by atoms with Gasteiger partial charge in [0.15, 0.2) is 15.7 Å². The summed E-state index contributed by atoms with van der Waals surface area (Å²) in [6.45, 7) is 0. The third kappa shape index (κ3) is 3.70. The van der Waals surface area contributed by atoms with Gasteiger partial charge in [0.25, 0.3) is 0 Å². The highest BCUT2D eigenvalue weighted by Gasteiger charge is 2.11. The molecule has 0 aliphatic carbocycles. The zero-order chi connectivity index (χ0) is 20.5. The molecule has 2 aromatic carbocycles. The number of rotatable bonds is 5. The van der Waals surface area contributed by atoms with Crippen LogP contribution in [0, 0.1) is 0 Å². The van der Waals surface area contributed by atoms with Crippen LogP contribution in [-0.4, -0.2) is 53.1 Å². The highest BCUT2D eigenvalue weighted by Crippen LogP contribution is 2.26. The van der Waals surface area contributed by atoms with E-state index >= 15 is 0 Å². The Morgan fingerprint density at radius 1 is 0.966 bits per heavy atom. The largest absolute Gasteiger partial charge is 0.368 e. The molecule has 0 unspecified atom stereocenters. The molecule has 2 aromatic heterocycles. The zero-order valence-electron chi connectivity index (χ0n) is 16.8. The molecule has 29 heavy (non-hydrogen) atoms. The first-order chi connectivity index (χ1) is 14.0. The first-order valence-corrected chi connectivity index (χ1v) is 10.3. The maximum atomic E-state index is 12.2. The molecule has 0 atom stereocenters. The van der Waals surface area contributed by atoms with Crippen molar-refractivity contribution in [3.8, 4) is 11.4 Å². The van der Waals surface area contributed by atoms with Crippen LogP contribution < -0.4 is 22.3 Å². The van der Waals surface area contributed by atoms with Crippen molar-refractivity contribution in [3.05, 3.63) is 64.6 Å². The summed E-state index contributed by atoms with van der Waals surface area (Å²) in [7, 11) is 7.81. The lowest BCUT2D eigenvalue weighted by molar-refractivity contribution is 0.692. The fourth-order valence-corrected chi connectivity index (χ4v) is 4.02. The van der Waals surface area contributed by atoms with E-state index in [1.165, 1.54) is 14.8 Å². The van der Waals surface area contributed by atoms with Crippen LogP contribution in [0.3, 0.4) is 0 Å². The van der Waals surface area contributed by atoms with Gasteiger partial charge < -0.3 is 0 Å². The summed E-state index contributed by atoms with van der Waals surface area (Å²) in [5.41, 5.74) is 6.01. The van der Waals surface area contributed by atoms with Crippen LogP contribution in [0.15, 0.2) is 58.2 Å². The van der Waals surface area contributed by atoms with Gasteiger partial charge in [-0.2, -0.15) is 14.5 Å². The van der Waals surface area contributed by atoms with E-state index in [1.807, 2.05) is 36.8 Å². The molecular weight excluding hydrogens is 381 g/mol. The average molecular weight is 400 g/mol. The number of tetrazole rings is 1. The summed E-state index contributed by atoms with van der Waals surface area (Å²) in [5.74, 6) is 0.720. The lowest BCUT2D eigenvalue weighted by Gasteiger charge is -2.09.